The maximum Gasteiger partial charge on any atom is 0.268 e. The Hall–Kier alpha value is -1.24. The molecule has 0 aliphatic carbocycles. The Labute approximate surface area is 74.4 Å². The first-order chi connectivity index (χ1) is 6.15. The molecule has 1 aliphatic rings. The second kappa shape index (κ2) is 4.13. The van der Waals surface area contributed by atoms with E-state index in [4.69, 9.17) is 10.2 Å². The van der Waals surface area contributed by atoms with Crippen LogP contribution in [-0.4, -0.2) is 46.3 Å². The molecule has 6 heteroatoms. The number of hydrogen-bond acceptors (Lipinski definition) is 5. The van der Waals surface area contributed by atoms with Crippen LogP contribution in [0.4, 0.5) is 0 Å². The van der Waals surface area contributed by atoms with E-state index in [1.54, 1.807) is 0 Å². The van der Waals surface area contributed by atoms with Crippen LogP contribution in [0.3, 0.4) is 0 Å². The van der Waals surface area contributed by atoms with Crippen molar-refractivity contribution in [3.8, 4) is 0 Å². The number of hydrazine groups is 1. The Bertz CT molecular complexity index is 233. The van der Waals surface area contributed by atoms with Gasteiger partial charge in [-0.2, -0.15) is 0 Å². The maximum atomic E-state index is 10.9. The number of nitrogens with one attached hydrogen (secondary N) is 1. The van der Waals surface area contributed by atoms with Crippen LogP contribution in [-0.2, 0) is 9.59 Å². The number of aliphatic hydroxyl groups excluding tert-OH is 2. The van der Waals surface area contributed by atoms with Gasteiger partial charge in [0.15, 0.2) is 0 Å². The monoisotopic (exact) mass is 186 g/mol. The van der Waals surface area contributed by atoms with Gasteiger partial charge in [0, 0.05) is 18.7 Å². The van der Waals surface area contributed by atoms with Gasteiger partial charge in [-0.25, -0.2) is 10.4 Å². The molecule has 1 rings (SSSR count). The normalized spacial score (nSPS) is 18.5. The molecule has 0 spiro atoms. The molecular formula is C7H10N2O4. The SMILES string of the molecule is O=C1C=CC(=O)N1NCC(O)CO. The first-order valence-electron chi connectivity index (χ1n) is 3.73. The zero-order chi connectivity index (χ0) is 9.84. The average Bonchev–Trinajstić information content (AvgIpc) is 2.43. The average molecular weight is 186 g/mol. The summed E-state index contributed by atoms with van der Waals surface area (Å²) in [4.78, 5) is 21.8. The number of amides is 2. The smallest absolute Gasteiger partial charge is 0.268 e. The van der Waals surface area contributed by atoms with Crippen molar-refractivity contribution in [2.45, 2.75) is 6.10 Å². The highest BCUT2D eigenvalue weighted by Gasteiger charge is 2.23. The van der Waals surface area contributed by atoms with Crippen molar-refractivity contribution < 1.29 is 19.8 Å². The second-order valence-corrected chi connectivity index (χ2v) is 2.54. The van der Waals surface area contributed by atoms with Crippen LogP contribution in [0.15, 0.2) is 12.2 Å². The topological polar surface area (TPSA) is 89.9 Å². The van der Waals surface area contributed by atoms with Gasteiger partial charge < -0.3 is 10.2 Å². The molecule has 0 saturated heterocycles. The molecule has 0 bridgehead atoms. The molecule has 13 heavy (non-hydrogen) atoms. The van der Waals surface area contributed by atoms with Crippen LogP contribution in [0, 0.1) is 0 Å². The quantitative estimate of drug-likeness (QED) is 0.432. The van der Waals surface area contributed by atoms with E-state index < -0.39 is 24.5 Å². The molecule has 0 saturated carbocycles. The first-order valence-corrected chi connectivity index (χ1v) is 3.73. The van der Waals surface area contributed by atoms with Crippen molar-refractivity contribution in [2.24, 2.45) is 0 Å². The number of aliphatic hydroxyl groups is 2. The van der Waals surface area contributed by atoms with Crippen molar-refractivity contribution in [2.75, 3.05) is 13.2 Å². The van der Waals surface area contributed by atoms with E-state index in [9.17, 15) is 9.59 Å². The maximum absolute atomic E-state index is 10.9. The van der Waals surface area contributed by atoms with Crippen LogP contribution >= 0.6 is 0 Å². The fourth-order valence-corrected chi connectivity index (χ4v) is 0.817. The molecule has 1 unspecified atom stereocenters. The molecule has 2 amide bonds. The number of carbonyl (C=O) groups excluding carboxylic acids is 2. The van der Waals surface area contributed by atoms with Gasteiger partial charge in [0.1, 0.15) is 0 Å². The van der Waals surface area contributed by atoms with Crippen molar-refractivity contribution in [3.05, 3.63) is 12.2 Å². The van der Waals surface area contributed by atoms with E-state index in [1.165, 1.54) is 0 Å². The highest BCUT2D eigenvalue weighted by Crippen LogP contribution is 1.98. The van der Waals surface area contributed by atoms with E-state index in [1.807, 2.05) is 0 Å². The van der Waals surface area contributed by atoms with Gasteiger partial charge in [-0.05, 0) is 0 Å². The van der Waals surface area contributed by atoms with Crippen LogP contribution in [0.5, 0.6) is 0 Å². The zero-order valence-electron chi connectivity index (χ0n) is 6.80. The number of nitrogens with zero attached hydrogens (tertiary/aromatic N) is 1. The Kier molecular flexibility index (Phi) is 3.13. The Balaban J connectivity index is 2.38. The summed E-state index contributed by atoms with van der Waals surface area (Å²) in [7, 11) is 0. The van der Waals surface area contributed by atoms with Crippen molar-refractivity contribution >= 4 is 11.8 Å². The summed E-state index contributed by atoms with van der Waals surface area (Å²) in [5, 5.41) is 18.1. The fourth-order valence-electron chi connectivity index (χ4n) is 0.817. The lowest BCUT2D eigenvalue weighted by atomic mass is 10.4. The van der Waals surface area contributed by atoms with Gasteiger partial charge in [0.05, 0.1) is 12.7 Å². The van der Waals surface area contributed by atoms with Crippen molar-refractivity contribution in [3.63, 3.8) is 0 Å². The molecule has 1 atom stereocenters. The summed E-state index contributed by atoms with van der Waals surface area (Å²) >= 11 is 0. The summed E-state index contributed by atoms with van der Waals surface area (Å²) in [6.07, 6.45) is 1.27. The molecule has 0 aromatic heterocycles. The molecule has 1 aliphatic heterocycles. The van der Waals surface area contributed by atoms with E-state index in [0.717, 1.165) is 17.2 Å². The van der Waals surface area contributed by atoms with E-state index in [-0.39, 0.29) is 6.54 Å². The van der Waals surface area contributed by atoms with Gasteiger partial charge >= 0.3 is 0 Å². The van der Waals surface area contributed by atoms with Crippen molar-refractivity contribution in [1.29, 1.82) is 0 Å². The molecule has 0 radical (unpaired) electrons. The molecule has 0 fully saturated rings. The number of imide groups is 1. The predicted molar refractivity (Wildman–Crippen MR) is 42.1 cm³/mol. The fraction of sp³-hybridized carbons (Fsp3) is 0.429. The van der Waals surface area contributed by atoms with Gasteiger partial charge in [-0.1, -0.05) is 0 Å². The van der Waals surface area contributed by atoms with Gasteiger partial charge in [-0.3, -0.25) is 9.59 Å². The Morgan fingerprint density at radius 3 is 2.38 bits per heavy atom. The largest absolute Gasteiger partial charge is 0.394 e. The molecule has 0 aromatic rings. The van der Waals surface area contributed by atoms with Gasteiger partial charge in [-0.15, -0.1) is 0 Å². The third-order valence-corrected chi connectivity index (χ3v) is 1.51. The summed E-state index contributed by atoms with van der Waals surface area (Å²) < 4.78 is 0. The zero-order valence-corrected chi connectivity index (χ0v) is 6.80. The first kappa shape index (κ1) is 9.85. The number of carbonyl (C=O) groups is 2. The minimum atomic E-state index is -0.985. The standard InChI is InChI=1S/C7H10N2O4/c10-4-5(11)3-8-9-6(12)1-2-7(9)13/h1-2,5,8,10-11H,3-4H2. The Morgan fingerprint density at radius 2 is 1.92 bits per heavy atom. The summed E-state index contributed by atoms with van der Waals surface area (Å²) in [6, 6.07) is 0. The van der Waals surface area contributed by atoms with Gasteiger partial charge in [0.25, 0.3) is 11.8 Å². The lowest BCUT2D eigenvalue weighted by Gasteiger charge is -2.16. The third kappa shape index (κ3) is 2.35. The molecule has 3 N–H and O–H groups in total. The van der Waals surface area contributed by atoms with E-state index in [2.05, 4.69) is 5.43 Å². The lowest BCUT2D eigenvalue weighted by molar-refractivity contribution is -0.141. The third-order valence-electron chi connectivity index (χ3n) is 1.51. The summed E-state index contributed by atoms with van der Waals surface area (Å²) in [6.45, 7) is -0.466. The summed E-state index contributed by atoms with van der Waals surface area (Å²) in [5.41, 5.74) is 2.39. The molecule has 1 heterocycles. The minimum Gasteiger partial charge on any atom is -0.394 e. The molecule has 0 aromatic carbocycles. The Morgan fingerprint density at radius 1 is 1.38 bits per heavy atom. The lowest BCUT2D eigenvalue weighted by Crippen LogP contribution is -2.46. The summed E-state index contributed by atoms with van der Waals surface area (Å²) in [5.74, 6) is -0.953. The van der Waals surface area contributed by atoms with E-state index >= 15 is 0 Å². The minimum absolute atomic E-state index is 0.0460. The molecule has 6 nitrogen and oxygen atoms in total. The van der Waals surface area contributed by atoms with Crippen LogP contribution in [0.25, 0.3) is 0 Å². The van der Waals surface area contributed by atoms with Crippen LogP contribution in [0.1, 0.15) is 0 Å². The second-order valence-electron chi connectivity index (χ2n) is 2.54. The highest BCUT2D eigenvalue weighted by atomic mass is 16.3. The highest BCUT2D eigenvalue weighted by molar-refractivity contribution is 6.12. The van der Waals surface area contributed by atoms with E-state index in [0.29, 0.717) is 0 Å². The van der Waals surface area contributed by atoms with Crippen LogP contribution in [0.2, 0.25) is 0 Å². The molecular weight excluding hydrogens is 176 g/mol. The number of hydrogen-bond donors (Lipinski definition) is 3. The van der Waals surface area contributed by atoms with Crippen LogP contribution < -0.4 is 5.43 Å². The predicted octanol–water partition coefficient (Wildman–Crippen LogP) is -2.23. The van der Waals surface area contributed by atoms with Gasteiger partial charge in [0.2, 0.25) is 0 Å². The molecule has 72 valence electrons. The number of rotatable bonds is 4. The van der Waals surface area contributed by atoms with Crippen molar-refractivity contribution in [1.82, 2.24) is 10.4 Å².